The van der Waals surface area contributed by atoms with Gasteiger partial charge in [0.15, 0.2) is 0 Å². The van der Waals surface area contributed by atoms with Crippen LogP contribution in [0.15, 0.2) is 0 Å². The first-order valence-electron chi connectivity index (χ1n) is 39.8. The molecule has 0 aliphatic carbocycles. The van der Waals surface area contributed by atoms with Gasteiger partial charge >= 0.3 is 220 Å². The fraction of sp³-hybridized carbons (Fsp3) is 0.833. The number of nitrogens with zero attached hydrogens (tertiary/aromatic N) is 7. The zero-order valence-corrected chi connectivity index (χ0v) is 105. The normalized spacial score (nSPS) is 10.1. The topological polar surface area (TPSA) is 173 Å². The van der Waals surface area contributed by atoms with Crippen molar-refractivity contribution in [3.05, 3.63) is 69.9 Å². The summed E-state index contributed by atoms with van der Waals surface area (Å²) in [6.45, 7) is 74.7. The Balaban J connectivity index is -0.0000000307. The van der Waals surface area contributed by atoms with E-state index < -0.39 is 0 Å². The molecule has 0 fully saturated rings. The van der Waals surface area contributed by atoms with Crippen molar-refractivity contribution in [1.82, 2.24) is 44.9 Å². The maximum atomic E-state index is 10.8. The van der Waals surface area contributed by atoms with Crippen molar-refractivity contribution in [1.29, 1.82) is 0 Å². The summed E-state index contributed by atoms with van der Waals surface area (Å²) < 4.78 is 7.22. The van der Waals surface area contributed by atoms with Gasteiger partial charge in [0.05, 0.1) is 0 Å². The van der Waals surface area contributed by atoms with Gasteiger partial charge in [0, 0.05) is 34.2 Å². The molecule has 28 heteroatoms. The second-order valence-corrected chi connectivity index (χ2v) is 73.3. The van der Waals surface area contributed by atoms with Crippen LogP contribution in [-0.4, -0.2) is 221 Å². The summed E-state index contributed by atoms with van der Waals surface area (Å²) in [6.07, 6.45) is 15.9. The van der Waals surface area contributed by atoms with E-state index in [1.807, 2.05) is 75.7 Å². The van der Waals surface area contributed by atoms with E-state index in [9.17, 15) is 24.0 Å². The van der Waals surface area contributed by atoms with Crippen LogP contribution in [0, 0.1) is 117 Å². The predicted octanol–water partition coefficient (Wildman–Crippen LogP) is 26.0. The number of hydrogen-bond donors (Lipinski definition) is 4. The zero-order chi connectivity index (χ0) is 87.9. The van der Waals surface area contributed by atoms with Gasteiger partial charge in [-0.3, -0.25) is 35.2 Å². The Morgan fingerprint density at radius 3 is 0.703 bits per heavy atom. The molecule has 0 amide bonds. The molecular weight excluding hydrogens is 2970 g/mol. The fourth-order valence-electron chi connectivity index (χ4n) is 6.90. The number of carbonyl (C=O) groups is 5. The monoisotopic (exact) mass is 3190 g/mol. The van der Waals surface area contributed by atoms with E-state index in [-0.39, 0.29) is 210 Å². The second kappa shape index (κ2) is 172. The Kier molecular flexibility index (Phi) is 284. The van der Waals surface area contributed by atoms with Crippen LogP contribution in [0.25, 0.3) is 0 Å². The van der Waals surface area contributed by atoms with Gasteiger partial charge in [-0.15, -0.1) is 0 Å². The summed E-state index contributed by atoms with van der Waals surface area (Å²) in [4.78, 5) is 66.8. The molecule has 0 aromatic carbocycles. The van der Waals surface area contributed by atoms with Crippen LogP contribution in [0.2, 0.25) is 0 Å². The summed E-state index contributed by atoms with van der Waals surface area (Å²) in [7, 11) is 32.2. The van der Waals surface area contributed by atoms with Crippen molar-refractivity contribution in [2.75, 3.05) is 148 Å². The molecule has 4 N–H and O–H groups in total. The number of ketones is 5. The zero-order valence-electron chi connectivity index (χ0n) is 77.7. The van der Waals surface area contributed by atoms with E-state index in [0.717, 1.165) is 135 Å². The minimum Gasteiger partial charge on any atom is 2.00 e. The van der Waals surface area contributed by atoms with Gasteiger partial charge in [0.1, 0.15) is 0 Å². The SMILES string of the molecule is C.C.C.C.C.C.C.CCC(C)CC.CCC(CC)CC.CCC(CC)CO.[2H]CC(CC([CH2-])=O)CN(C)CC.[CH2-]C(=O)CC(CC)CC.[CH2-]C(=O)CC(CC)CN(C)CC.[CH2-]C(=O)CC(CC)CNCC.[CH2-]C(=O)CC(CO)CN(C)CC.[CH2-]N(C)CC.[CH2-]N(C)CC.[CH2-]N(C)CC.[CH2-]N(C)CC.[CH2-]NCC.[I][V]([I])[I].[I][V][I].[W+2].[W+2].[W+2].[W+2].[W+2]. The van der Waals surface area contributed by atoms with Crippen LogP contribution in [0.4, 0.5) is 0 Å². The van der Waals surface area contributed by atoms with Gasteiger partial charge in [0.25, 0.3) is 0 Å². The quantitative estimate of drug-likeness (QED) is 0.0337. The number of aliphatic hydroxyl groups is 2. The van der Waals surface area contributed by atoms with E-state index in [0.29, 0.717) is 78.7 Å². The third kappa shape index (κ3) is 259. The minimum atomic E-state index is -0.278. The Bertz CT molecular complexity index is 1520. The van der Waals surface area contributed by atoms with Crippen molar-refractivity contribution in [3.63, 3.8) is 0 Å². The Hall–Kier alpha value is 5.52. The number of nitrogens with one attached hydrogen (secondary N) is 2. The maximum Gasteiger partial charge on any atom is 2.00 e. The summed E-state index contributed by atoms with van der Waals surface area (Å²) in [5, 5.41) is 23.3. The van der Waals surface area contributed by atoms with Crippen molar-refractivity contribution >= 4 is 129 Å². The second-order valence-electron chi connectivity index (χ2n) is 26.2. The van der Waals surface area contributed by atoms with Crippen molar-refractivity contribution in [3.8, 4) is 0 Å². The van der Waals surface area contributed by atoms with Crippen LogP contribution in [-0.2, 0) is 144 Å². The standard InChI is InChI=1S/C10H20NO.C9H18NO2.2C9H18NO.C8H15O.C7H16.C6H14O.C6H14.4C4H10N.C3H8N.7CH4.5HI.2V.5W/c1-5-10(7-9(3)12)8-11(4)6-2;1-4-10(3)6-9(7-11)5-8(2)12;1-5-10(4)7-8(2)6-9(3)11;1-4-9(6-8(3)11)7-10-5-2;1-4-8(5-2)6-7(3)9;1-4-7(5-2)6-3;1-3-6(4-2)5-7;1-4-6(3)5-2;4*1-4-5(2)3;1-3-4-2;;;;;;;;;;;;;;;;;;;/h10H,3,5-8H2,1-2,4H3;9,11H,2,4-7H2,1,3H3;8H,3,5-7H2,1-2,4H3;9-10H,3-7H2,1-2H3;8H,3-6H2,1-2H3;7H,4-6H2,1-3H3;6-7H,3-5H2,1-2H3;6H,4-5H2,1-3H3;4*2,4H2,1,3H3;4H,2-3H2,1H3;7*1H4;5*1H;;;;;;;/q5*-1;;;;5*-1;;;;;;;;;;;;;+2;+3;5*+2/p-5/i;;2D;;;;;;;;;;;;;;;;;;;;;;;;;;;;;. The Morgan fingerprint density at radius 1 is 0.364 bits per heavy atom. The molecule has 0 spiro atoms. The molecule has 0 aliphatic heterocycles. The summed E-state index contributed by atoms with van der Waals surface area (Å²) >= 11 is 12.1. The van der Waals surface area contributed by atoms with Gasteiger partial charge in [-0.25, -0.2) is 0 Å². The first kappa shape index (κ1) is 195. The van der Waals surface area contributed by atoms with Gasteiger partial charge < -0.3 is 114 Å². The van der Waals surface area contributed by atoms with Crippen LogP contribution in [0.1, 0.15) is 308 Å². The van der Waals surface area contributed by atoms with Crippen LogP contribution in [0.3, 0.4) is 0 Å². The summed E-state index contributed by atoms with van der Waals surface area (Å²) in [5.74, 6) is 4.21. The molecule has 0 heterocycles. The number of halogens is 5. The van der Waals surface area contributed by atoms with Gasteiger partial charge in [-0.05, 0) is 223 Å². The molecular formula is C90H209I5N9O7V2W5. The molecule has 0 saturated carbocycles. The van der Waals surface area contributed by atoms with E-state index in [1.165, 1.54) is 32.1 Å². The minimum absolute atomic E-state index is 0. The smallest absolute Gasteiger partial charge is 2.00 e. The molecule has 0 rings (SSSR count). The number of carbonyl (C=O) groups excluding carboxylic acids is 5. The average molecular weight is 3190 g/mol. The first-order chi connectivity index (χ1) is 49.8. The number of hydrogen-bond acceptors (Lipinski definition) is 16. The fourth-order valence-corrected chi connectivity index (χ4v) is 6.90. The molecule has 0 saturated heterocycles. The molecule has 0 aliphatic rings. The molecule has 4 unspecified atom stereocenters. The van der Waals surface area contributed by atoms with Crippen LogP contribution >= 0.6 is 99.9 Å². The van der Waals surface area contributed by atoms with Crippen LogP contribution < -0.4 is 10.6 Å². The average Bonchev–Trinajstić information content (AvgIpc) is 0.993. The predicted molar refractivity (Wildman–Crippen MR) is 560 cm³/mol. The maximum absolute atomic E-state index is 10.8. The van der Waals surface area contributed by atoms with Gasteiger partial charge in [-0.1, -0.05) is 275 Å². The molecule has 16 nitrogen and oxygen atoms in total. The van der Waals surface area contributed by atoms with E-state index >= 15 is 0 Å². The molecule has 118 heavy (non-hydrogen) atoms. The largest absolute Gasteiger partial charge is 2.00 e. The molecule has 0 aromatic rings. The third-order valence-corrected chi connectivity index (χ3v) is 16.1. The number of rotatable bonds is 40. The van der Waals surface area contributed by atoms with E-state index in [2.05, 4.69) is 334 Å². The molecule has 4 atom stereocenters. The van der Waals surface area contributed by atoms with Gasteiger partial charge in [-0.2, -0.15) is 0 Å². The van der Waals surface area contributed by atoms with Crippen molar-refractivity contribution < 1.29 is 155 Å². The Morgan fingerprint density at radius 2 is 0.568 bits per heavy atom. The molecule has 731 valence electrons. The summed E-state index contributed by atoms with van der Waals surface area (Å²) in [6, 6.07) is 0. The molecule has 0 radical (unpaired) electrons. The third-order valence-electron chi connectivity index (χ3n) is 16.1. The van der Waals surface area contributed by atoms with Crippen LogP contribution in [0.5, 0.6) is 0 Å². The number of aliphatic hydroxyl groups excluding tert-OH is 2. The molecule has 0 bridgehead atoms. The summed E-state index contributed by atoms with van der Waals surface area (Å²) in [5.41, 5.74) is 0. The number of Topliss-reactive ketones (excluding diaryl/α,β-unsaturated/α-hetero) is 5. The first-order valence-corrected chi connectivity index (χ1v) is 61.6. The van der Waals surface area contributed by atoms with Crippen molar-refractivity contribution in [2.45, 2.75) is 307 Å². The van der Waals surface area contributed by atoms with Crippen molar-refractivity contribution in [2.24, 2.45) is 47.3 Å². The Labute approximate surface area is 889 Å². The van der Waals surface area contributed by atoms with E-state index in [4.69, 9.17) is 11.6 Å². The van der Waals surface area contributed by atoms with Gasteiger partial charge in [0.2, 0.25) is 0 Å². The van der Waals surface area contributed by atoms with E-state index in [1.54, 1.807) is 0 Å². The molecule has 0 aromatic heterocycles.